The first-order valence-corrected chi connectivity index (χ1v) is 27.3. The zero-order valence-electron chi connectivity index (χ0n) is 40.9. The number of aliphatic hydroxyl groups excluding tert-OH is 1. The van der Waals surface area contributed by atoms with Gasteiger partial charge in [0, 0.05) is 19.4 Å². The SMILES string of the molecule is CCCCCCCCCCCCCCCC(=O)O[C@H](CO)[C@@H](COP(=O)(OCCNC(=O)OCc1ccccc1)OCc1ccccc1)OC(=O)CCCCCCCCCCCCCCC. The Hall–Kier alpha value is -3.28. The molecule has 12 nitrogen and oxygen atoms in total. The molecular weight excluding hydrogens is 858 g/mol. The predicted molar refractivity (Wildman–Crippen MR) is 263 cm³/mol. The molecule has 2 N–H and O–H groups in total. The number of nitrogens with one attached hydrogen (secondary N) is 1. The van der Waals surface area contributed by atoms with Crippen LogP contribution in [-0.4, -0.2) is 61.7 Å². The van der Waals surface area contributed by atoms with E-state index in [2.05, 4.69) is 19.2 Å². The lowest BCUT2D eigenvalue weighted by Crippen LogP contribution is -2.41. The highest BCUT2D eigenvalue weighted by atomic mass is 31.2. The largest absolute Gasteiger partial charge is 0.475 e. The molecule has 2 aromatic carbocycles. The number of esters is 2. The molecule has 0 aliphatic carbocycles. The van der Waals surface area contributed by atoms with Gasteiger partial charge in [-0.1, -0.05) is 229 Å². The molecule has 0 radical (unpaired) electrons. The van der Waals surface area contributed by atoms with Gasteiger partial charge in [-0.25, -0.2) is 9.36 Å². The molecule has 0 heterocycles. The first-order chi connectivity index (χ1) is 32.3. The third-order valence-corrected chi connectivity index (χ3v) is 13.0. The van der Waals surface area contributed by atoms with E-state index in [0.29, 0.717) is 18.4 Å². The second-order valence-electron chi connectivity index (χ2n) is 17.5. The first kappa shape index (κ1) is 58.8. The van der Waals surface area contributed by atoms with E-state index < -0.39 is 51.3 Å². The molecule has 0 aliphatic heterocycles. The van der Waals surface area contributed by atoms with Crippen LogP contribution < -0.4 is 5.32 Å². The van der Waals surface area contributed by atoms with Crippen LogP contribution in [0.5, 0.6) is 0 Å². The van der Waals surface area contributed by atoms with E-state index in [4.69, 9.17) is 27.8 Å². The van der Waals surface area contributed by atoms with Crippen LogP contribution in [0.3, 0.4) is 0 Å². The van der Waals surface area contributed by atoms with Crippen LogP contribution in [0.4, 0.5) is 4.79 Å². The third kappa shape index (κ3) is 32.4. The number of phosphoric ester groups is 1. The van der Waals surface area contributed by atoms with Crippen LogP contribution in [0.15, 0.2) is 60.7 Å². The smallest absolute Gasteiger partial charge is 0.456 e. The number of ether oxygens (including phenoxy) is 3. The van der Waals surface area contributed by atoms with Gasteiger partial charge in [0.15, 0.2) is 12.2 Å². The summed E-state index contributed by atoms with van der Waals surface area (Å²) in [7, 11) is -4.39. The zero-order valence-corrected chi connectivity index (χ0v) is 41.8. The van der Waals surface area contributed by atoms with Crippen LogP contribution in [-0.2, 0) is 55.1 Å². The van der Waals surface area contributed by atoms with Gasteiger partial charge in [0.25, 0.3) is 0 Å². The number of rotatable bonds is 44. The standard InChI is InChI=1S/C53H88NO11P/c1-3-5-7-9-11-13-15-17-19-21-23-25-33-39-51(56)64-49(43-55)50(65-52(57)40-34-26-24-22-20-18-16-14-12-10-8-6-4-2)46-63-66(59,62-45-48-37-31-28-32-38-48)61-42-41-54-53(58)60-44-47-35-29-27-30-36-47/h27-32,35-38,49-50,55H,3-26,33-34,39-46H2,1-2H3,(H,54,58)/t49-,50-,66?/m1/s1. The average Bonchev–Trinajstić information content (AvgIpc) is 3.33. The lowest BCUT2D eigenvalue weighted by atomic mass is 10.0. The number of alkyl carbamates (subject to hydrolysis) is 1. The van der Waals surface area contributed by atoms with Gasteiger partial charge in [-0.05, 0) is 24.0 Å². The average molecular weight is 946 g/mol. The molecule has 2 aromatic rings. The number of hydrogen-bond acceptors (Lipinski definition) is 11. The number of phosphoric acid groups is 1. The Labute approximate surface area is 399 Å². The van der Waals surface area contributed by atoms with Crippen LogP contribution in [0.1, 0.15) is 205 Å². The van der Waals surface area contributed by atoms with Gasteiger partial charge in [0.2, 0.25) is 0 Å². The maximum atomic E-state index is 14.1. The van der Waals surface area contributed by atoms with Gasteiger partial charge in [0.1, 0.15) is 6.61 Å². The zero-order chi connectivity index (χ0) is 47.6. The van der Waals surface area contributed by atoms with Gasteiger partial charge >= 0.3 is 25.9 Å². The lowest BCUT2D eigenvalue weighted by molar-refractivity contribution is -0.174. The van der Waals surface area contributed by atoms with E-state index in [0.717, 1.165) is 44.1 Å². The highest BCUT2D eigenvalue weighted by Crippen LogP contribution is 2.50. The summed E-state index contributed by atoms with van der Waals surface area (Å²) >= 11 is 0. The summed E-state index contributed by atoms with van der Waals surface area (Å²) in [5, 5.41) is 13.0. The van der Waals surface area contributed by atoms with Crippen LogP contribution in [0.25, 0.3) is 0 Å². The Kier molecular flexibility index (Phi) is 36.3. The number of aliphatic hydroxyl groups is 1. The molecule has 2 rings (SSSR count). The molecular formula is C53H88NO11P. The molecule has 1 amide bonds. The monoisotopic (exact) mass is 946 g/mol. The lowest BCUT2D eigenvalue weighted by Gasteiger charge is -2.27. The fourth-order valence-corrected chi connectivity index (χ4v) is 8.74. The Morgan fingerprint density at radius 1 is 0.515 bits per heavy atom. The van der Waals surface area contributed by atoms with E-state index in [1.165, 1.54) is 116 Å². The molecule has 0 fully saturated rings. The summed E-state index contributed by atoms with van der Waals surface area (Å²) < 4.78 is 48.0. The fraction of sp³-hybridized carbons (Fsp3) is 0.717. The van der Waals surface area contributed by atoms with E-state index in [1.54, 1.807) is 24.3 Å². The summed E-state index contributed by atoms with van der Waals surface area (Å²) in [6.07, 6.45) is 27.5. The van der Waals surface area contributed by atoms with E-state index >= 15 is 0 Å². The van der Waals surface area contributed by atoms with Crippen molar-refractivity contribution in [1.82, 2.24) is 5.32 Å². The van der Waals surface area contributed by atoms with Crippen molar-refractivity contribution in [2.45, 2.75) is 219 Å². The molecule has 1 unspecified atom stereocenters. The van der Waals surface area contributed by atoms with Crippen molar-refractivity contribution in [3.8, 4) is 0 Å². The quantitative estimate of drug-likeness (QED) is 0.0282. The number of carbonyl (C=O) groups excluding carboxylic acids is 3. The maximum absolute atomic E-state index is 14.1. The molecule has 13 heteroatoms. The van der Waals surface area contributed by atoms with Crippen LogP contribution in [0.2, 0.25) is 0 Å². The Morgan fingerprint density at radius 3 is 1.33 bits per heavy atom. The minimum atomic E-state index is -4.39. The van der Waals surface area contributed by atoms with E-state index in [9.17, 15) is 24.1 Å². The van der Waals surface area contributed by atoms with Crippen molar-refractivity contribution in [2.75, 3.05) is 26.4 Å². The molecule has 0 aliphatic rings. The van der Waals surface area contributed by atoms with Crippen LogP contribution in [0, 0.1) is 0 Å². The molecule has 376 valence electrons. The first-order valence-electron chi connectivity index (χ1n) is 25.8. The molecule has 0 aromatic heterocycles. The van der Waals surface area contributed by atoms with E-state index in [1.807, 2.05) is 36.4 Å². The summed E-state index contributed by atoms with van der Waals surface area (Å²) in [6, 6.07) is 18.2. The summed E-state index contributed by atoms with van der Waals surface area (Å²) in [6.45, 7) is 2.86. The minimum absolute atomic E-state index is 0.0742. The topological polar surface area (TPSA) is 156 Å². The number of carbonyl (C=O) groups is 3. The normalized spacial score (nSPS) is 13.1. The fourth-order valence-electron chi connectivity index (χ4n) is 7.57. The Morgan fingerprint density at radius 2 is 0.909 bits per heavy atom. The second kappa shape index (κ2) is 40.8. The highest BCUT2D eigenvalue weighted by Gasteiger charge is 2.34. The van der Waals surface area contributed by atoms with Crippen molar-refractivity contribution in [1.29, 1.82) is 0 Å². The van der Waals surface area contributed by atoms with Crippen molar-refractivity contribution < 1.29 is 51.8 Å². The van der Waals surface area contributed by atoms with Crippen molar-refractivity contribution in [3.63, 3.8) is 0 Å². The predicted octanol–water partition coefficient (Wildman–Crippen LogP) is 14.0. The van der Waals surface area contributed by atoms with Crippen molar-refractivity contribution in [3.05, 3.63) is 71.8 Å². The summed E-state index contributed by atoms with van der Waals surface area (Å²) in [4.78, 5) is 38.6. The molecule has 0 bridgehead atoms. The van der Waals surface area contributed by atoms with Gasteiger partial charge in [0.05, 0.1) is 26.4 Å². The van der Waals surface area contributed by atoms with E-state index in [-0.39, 0.29) is 39.2 Å². The number of benzene rings is 2. The van der Waals surface area contributed by atoms with Crippen LogP contribution >= 0.6 is 7.82 Å². The number of unbranched alkanes of at least 4 members (excludes halogenated alkanes) is 24. The second-order valence-corrected chi connectivity index (χ2v) is 19.2. The minimum Gasteiger partial charge on any atom is -0.456 e. The molecule has 3 atom stereocenters. The number of amides is 1. The third-order valence-electron chi connectivity index (χ3n) is 11.6. The Balaban J connectivity index is 1.94. The number of hydrogen-bond donors (Lipinski definition) is 2. The highest BCUT2D eigenvalue weighted by molar-refractivity contribution is 7.48. The maximum Gasteiger partial charge on any atom is 0.475 e. The van der Waals surface area contributed by atoms with Crippen molar-refractivity contribution in [2.24, 2.45) is 0 Å². The summed E-state index contributed by atoms with van der Waals surface area (Å²) in [5.41, 5.74) is 1.52. The molecule has 0 saturated heterocycles. The van der Waals surface area contributed by atoms with Crippen molar-refractivity contribution >= 4 is 25.9 Å². The molecule has 66 heavy (non-hydrogen) atoms. The van der Waals surface area contributed by atoms with Gasteiger partial charge in [-0.3, -0.25) is 23.2 Å². The molecule has 0 saturated carbocycles. The summed E-state index contributed by atoms with van der Waals surface area (Å²) in [5.74, 6) is -1.07. The van der Waals surface area contributed by atoms with Gasteiger partial charge < -0.3 is 24.6 Å². The van der Waals surface area contributed by atoms with Gasteiger partial charge in [-0.15, -0.1) is 0 Å². The Bertz CT molecular complexity index is 1520. The van der Waals surface area contributed by atoms with Gasteiger partial charge in [-0.2, -0.15) is 0 Å². The molecule has 0 spiro atoms.